The molecule has 0 aromatic heterocycles. The van der Waals surface area contributed by atoms with Crippen LogP contribution in [-0.2, 0) is 4.79 Å². The minimum atomic E-state index is -0.751. The number of benzene rings is 2. The summed E-state index contributed by atoms with van der Waals surface area (Å²) in [6, 6.07) is 10.1. The number of nitrogens with zero attached hydrogens (tertiary/aromatic N) is 1. The van der Waals surface area contributed by atoms with Crippen LogP contribution < -0.4 is 10.1 Å². The van der Waals surface area contributed by atoms with Crippen molar-refractivity contribution in [3.05, 3.63) is 52.0 Å². The number of aliphatic hydroxyl groups is 1. The van der Waals surface area contributed by atoms with Crippen molar-refractivity contribution in [2.24, 2.45) is 5.92 Å². The zero-order valence-electron chi connectivity index (χ0n) is 18.7. The highest BCUT2D eigenvalue weighted by Gasteiger charge is 2.49. The highest BCUT2D eigenvalue weighted by atomic mass is 35.5. The molecule has 0 unspecified atom stereocenters. The Hall–Kier alpha value is -1.99. The van der Waals surface area contributed by atoms with E-state index in [1.807, 2.05) is 19.1 Å². The minimum Gasteiger partial charge on any atom is -0.504 e. The number of ether oxygens (including phenoxy) is 1. The van der Waals surface area contributed by atoms with Crippen molar-refractivity contribution in [2.45, 2.75) is 50.7 Å². The molecule has 0 bridgehead atoms. The van der Waals surface area contributed by atoms with Gasteiger partial charge in [0.2, 0.25) is 5.91 Å². The van der Waals surface area contributed by atoms with Crippen LogP contribution in [0.25, 0.3) is 0 Å². The van der Waals surface area contributed by atoms with Crippen molar-refractivity contribution in [3.8, 4) is 11.5 Å². The number of amides is 1. The number of likely N-dealkylation sites (tertiary alicyclic amines) is 1. The summed E-state index contributed by atoms with van der Waals surface area (Å²) in [6.07, 6.45) is 4.33. The van der Waals surface area contributed by atoms with E-state index in [-0.39, 0.29) is 30.2 Å². The number of fused-ring (bicyclic) bond motifs is 1. The molecule has 3 N–H and O–H groups in total. The molecule has 178 valence electrons. The fraction of sp³-hybridized carbons (Fsp3) is 0.480. The average Bonchev–Trinajstić information content (AvgIpc) is 2.77. The zero-order chi connectivity index (χ0) is 23.6. The van der Waals surface area contributed by atoms with Gasteiger partial charge < -0.3 is 20.3 Å². The van der Waals surface area contributed by atoms with E-state index < -0.39 is 5.60 Å². The lowest BCUT2D eigenvalue weighted by molar-refractivity contribution is -0.135. The highest BCUT2D eigenvalue weighted by Crippen LogP contribution is 2.50. The standard InChI is InChI=1S/C25H30Cl2N2O4/c1-2-33-22-13-16(6-9-21(22)30)24-18-5-3-4-10-25(18,32)11-12-29(24)15-23(31)28-20-8-7-17(26)14-19(20)27/h6-9,13-14,18,24,30,32H,2-5,10-12,15H2,1H3,(H,28,31)/t18-,24+,25+/m1/s1. The molecule has 2 fully saturated rings. The van der Waals surface area contributed by atoms with E-state index in [0.717, 1.165) is 31.2 Å². The second kappa shape index (κ2) is 10.1. The summed E-state index contributed by atoms with van der Waals surface area (Å²) in [6.45, 7) is 3.04. The molecule has 1 aliphatic carbocycles. The van der Waals surface area contributed by atoms with Crippen LogP contribution in [0.5, 0.6) is 11.5 Å². The van der Waals surface area contributed by atoms with Crippen molar-refractivity contribution >= 4 is 34.8 Å². The fourth-order valence-electron chi connectivity index (χ4n) is 5.31. The van der Waals surface area contributed by atoms with Crippen molar-refractivity contribution in [2.75, 3.05) is 25.0 Å². The van der Waals surface area contributed by atoms with Crippen molar-refractivity contribution < 1.29 is 19.7 Å². The average molecular weight is 493 g/mol. The molecule has 1 saturated carbocycles. The lowest BCUT2D eigenvalue weighted by atomic mass is 9.66. The summed E-state index contributed by atoms with van der Waals surface area (Å²) >= 11 is 12.2. The number of anilines is 1. The van der Waals surface area contributed by atoms with Crippen LogP contribution in [-0.4, -0.2) is 46.3 Å². The normalized spacial score (nSPS) is 25.3. The second-order valence-electron chi connectivity index (χ2n) is 8.95. The highest BCUT2D eigenvalue weighted by molar-refractivity contribution is 6.36. The number of carbonyl (C=O) groups excluding carboxylic acids is 1. The zero-order valence-corrected chi connectivity index (χ0v) is 20.2. The lowest BCUT2D eigenvalue weighted by Gasteiger charge is -2.52. The number of nitrogens with one attached hydrogen (secondary N) is 1. The third-order valence-corrected chi connectivity index (χ3v) is 7.40. The number of hydrogen-bond acceptors (Lipinski definition) is 5. The van der Waals surface area contributed by atoms with Crippen LogP contribution in [0.2, 0.25) is 10.0 Å². The molecule has 4 rings (SSSR count). The van der Waals surface area contributed by atoms with E-state index in [1.165, 1.54) is 0 Å². The quantitative estimate of drug-likeness (QED) is 0.502. The van der Waals surface area contributed by atoms with Crippen molar-refractivity contribution in [1.82, 2.24) is 4.90 Å². The number of rotatable bonds is 6. The number of piperidine rings is 1. The van der Waals surface area contributed by atoms with Crippen LogP contribution in [0.1, 0.15) is 50.6 Å². The number of halogens is 2. The van der Waals surface area contributed by atoms with E-state index in [2.05, 4.69) is 10.2 Å². The molecule has 1 heterocycles. The molecule has 1 amide bonds. The number of phenols is 1. The maximum Gasteiger partial charge on any atom is 0.238 e. The van der Waals surface area contributed by atoms with Crippen LogP contribution >= 0.6 is 23.2 Å². The minimum absolute atomic E-state index is 0.00839. The van der Waals surface area contributed by atoms with E-state index in [0.29, 0.717) is 41.1 Å². The lowest BCUT2D eigenvalue weighted by Crippen LogP contribution is -2.56. The number of hydrogen-bond donors (Lipinski definition) is 3. The number of phenolic OH excluding ortho intramolecular Hbond substituents is 1. The Kier molecular flexibility index (Phi) is 7.39. The molecule has 3 atom stereocenters. The second-order valence-corrected chi connectivity index (χ2v) is 9.80. The largest absolute Gasteiger partial charge is 0.504 e. The molecule has 0 radical (unpaired) electrons. The van der Waals surface area contributed by atoms with Crippen LogP contribution in [0.4, 0.5) is 5.69 Å². The molecule has 1 saturated heterocycles. The van der Waals surface area contributed by atoms with Gasteiger partial charge in [0.15, 0.2) is 11.5 Å². The SMILES string of the molecule is CCOc1cc([C@H]2[C@H]3CCCC[C@]3(O)CCN2CC(=O)Nc2ccc(Cl)cc2Cl)ccc1O. The van der Waals surface area contributed by atoms with Gasteiger partial charge in [0.05, 0.1) is 29.5 Å². The van der Waals surface area contributed by atoms with Crippen molar-refractivity contribution in [3.63, 3.8) is 0 Å². The molecular formula is C25H30Cl2N2O4. The first-order chi connectivity index (χ1) is 15.8. The summed E-state index contributed by atoms with van der Waals surface area (Å²) in [7, 11) is 0. The maximum atomic E-state index is 13.0. The molecule has 33 heavy (non-hydrogen) atoms. The van der Waals surface area contributed by atoms with Crippen LogP contribution in [0.15, 0.2) is 36.4 Å². The summed E-state index contributed by atoms with van der Waals surface area (Å²) in [4.78, 5) is 15.1. The Balaban J connectivity index is 1.61. The van der Waals surface area contributed by atoms with Gasteiger partial charge >= 0.3 is 0 Å². The Morgan fingerprint density at radius 3 is 2.79 bits per heavy atom. The van der Waals surface area contributed by atoms with Gasteiger partial charge in [-0.25, -0.2) is 0 Å². The van der Waals surface area contributed by atoms with E-state index in [9.17, 15) is 15.0 Å². The number of carbonyl (C=O) groups is 1. The Labute approximate surface area is 204 Å². The summed E-state index contributed by atoms with van der Waals surface area (Å²) in [5.74, 6) is 0.300. The molecule has 8 heteroatoms. The summed E-state index contributed by atoms with van der Waals surface area (Å²) < 4.78 is 5.61. The molecule has 2 aromatic carbocycles. The predicted molar refractivity (Wildman–Crippen MR) is 130 cm³/mol. The number of aromatic hydroxyl groups is 1. The van der Waals surface area contributed by atoms with Gasteiger partial charge in [0, 0.05) is 23.5 Å². The first kappa shape index (κ1) is 24.1. The fourth-order valence-corrected chi connectivity index (χ4v) is 5.77. The third-order valence-electron chi connectivity index (χ3n) is 6.85. The van der Waals surface area contributed by atoms with E-state index in [4.69, 9.17) is 27.9 Å². The Bertz CT molecular complexity index is 1020. The Morgan fingerprint density at radius 1 is 1.21 bits per heavy atom. The van der Waals surface area contributed by atoms with Gasteiger partial charge in [-0.05, 0) is 62.1 Å². The van der Waals surface area contributed by atoms with Gasteiger partial charge in [-0.3, -0.25) is 9.69 Å². The van der Waals surface area contributed by atoms with E-state index in [1.54, 1.807) is 24.3 Å². The summed E-state index contributed by atoms with van der Waals surface area (Å²) in [5, 5.41) is 25.4. The first-order valence-electron chi connectivity index (χ1n) is 11.5. The molecular weight excluding hydrogens is 463 g/mol. The topological polar surface area (TPSA) is 82.0 Å². The van der Waals surface area contributed by atoms with Gasteiger partial charge in [-0.15, -0.1) is 0 Å². The monoisotopic (exact) mass is 492 g/mol. The maximum absolute atomic E-state index is 13.0. The van der Waals surface area contributed by atoms with E-state index >= 15 is 0 Å². The van der Waals surface area contributed by atoms with Crippen molar-refractivity contribution in [1.29, 1.82) is 0 Å². The molecule has 0 spiro atoms. The van der Waals surface area contributed by atoms with Crippen LogP contribution in [0.3, 0.4) is 0 Å². The molecule has 2 aliphatic rings. The van der Waals surface area contributed by atoms with Gasteiger partial charge in [0.1, 0.15) is 0 Å². The van der Waals surface area contributed by atoms with Gasteiger partial charge in [-0.1, -0.05) is 42.1 Å². The smallest absolute Gasteiger partial charge is 0.238 e. The van der Waals surface area contributed by atoms with Gasteiger partial charge in [-0.2, -0.15) is 0 Å². The molecule has 6 nitrogen and oxygen atoms in total. The molecule has 1 aliphatic heterocycles. The third kappa shape index (κ3) is 5.24. The predicted octanol–water partition coefficient (Wildman–Crippen LogP) is 5.40. The Morgan fingerprint density at radius 2 is 2.03 bits per heavy atom. The van der Waals surface area contributed by atoms with Gasteiger partial charge in [0.25, 0.3) is 0 Å². The molecule has 2 aromatic rings. The van der Waals surface area contributed by atoms with Crippen LogP contribution in [0, 0.1) is 5.92 Å². The summed E-state index contributed by atoms with van der Waals surface area (Å²) in [5.41, 5.74) is 0.689. The first-order valence-corrected chi connectivity index (χ1v) is 12.2.